The van der Waals surface area contributed by atoms with Crippen LogP contribution in [0.25, 0.3) is 11.4 Å². The molecule has 2 aromatic carbocycles. The number of benzene rings is 2. The topological polar surface area (TPSA) is 102 Å². The highest BCUT2D eigenvalue weighted by Crippen LogP contribution is 2.36. The summed E-state index contributed by atoms with van der Waals surface area (Å²) in [4.78, 5) is 12.5. The molecular weight excluding hydrogens is 554 g/mol. The number of carbonyl (C=O) groups excluding carboxylic acids is 1. The number of aromatic hydroxyl groups is 1. The third-order valence-electron chi connectivity index (χ3n) is 5.71. The van der Waals surface area contributed by atoms with E-state index < -0.39 is 0 Å². The molecule has 0 atom stereocenters. The van der Waals surface area contributed by atoms with Crippen molar-refractivity contribution in [2.75, 3.05) is 12.9 Å². The Kier molecular flexibility index (Phi) is 8.69. The molecule has 1 saturated carbocycles. The average Bonchev–Trinajstić information content (AvgIpc) is 3.29. The molecule has 3 aromatic rings. The van der Waals surface area contributed by atoms with Crippen molar-refractivity contribution in [1.29, 1.82) is 0 Å². The van der Waals surface area contributed by atoms with Crippen LogP contribution < -0.4 is 10.2 Å². The van der Waals surface area contributed by atoms with Crippen LogP contribution in [0.5, 0.6) is 11.5 Å². The van der Waals surface area contributed by atoms with Gasteiger partial charge in [-0.05, 0) is 70.7 Å². The van der Waals surface area contributed by atoms with Crippen molar-refractivity contribution < 1.29 is 14.6 Å². The summed E-state index contributed by atoms with van der Waals surface area (Å²) in [5.74, 6) is 0.987. The first-order valence-corrected chi connectivity index (χ1v) is 13.3. The number of amides is 1. The molecule has 4 rings (SSSR count). The molecule has 2 N–H and O–H groups in total. The largest absolute Gasteiger partial charge is 0.503 e. The number of phenols is 1. The van der Waals surface area contributed by atoms with E-state index in [4.69, 9.17) is 16.3 Å². The molecule has 11 heteroatoms. The molecule has 0 bridgehead atoms. The standard InChI is InChI=1S/C24H25BrClN5O3S/c1-34-20-12-15(11-19(25)22(20)33)13-27-28-21(32)14-35-24-30-29-23(16-7-9-17(26)10-8-16)31(24)18-5-3-2-4-6-18/h7-13,18,33H,2-6,14H2,1H3,(H,28,32)/b27-13-. The number of methoxy groups -OCH3 is 1. The minimum absolute atomic E-state index is 0.00475. The Morgan fingerprint density at radius 3 is 2.74 bits per heavy atom. The highest BCUT2D eigenvalue weighted by molar-refractivity contribution is 9.10. The molecule has 184 valence electrons. The van der Waals surface area contributed by atoms with Crippen molar-refractivity contribution in [3.05, 3.63) is 51.5 Å². The number of halogens is 2. The van der Waals surface area contributed by atoms with Gasteiger partial charge < -0.3 is 9.84 Å². The maximum atomic E-state index is 12.5. The lowest BCUT2D eigenvalue weighted by molar-refractivity contribution is -0.118. The Labute approximate surface area is 221 Å². The number of ether oxygens (including phenoxy) is 1. The van der Waals surface area contributed by atoms with Gasteiger partial charge in [0, 0.05) is 16.6 Å². The minimum atomic E-state index is -0.262. The molecule has 1 aliphatic rings. The summed E-state index contributed by atoms with van der Waals surface area (Å²) in [6.45, 7) is 0. The third-order valence-corrected chi connectivity index (χ3v) is 7.51. The van der Waals surface area contributed by atoms with Crippen molar-refractivity contribution in [3.63, 3.8) is 0 Å². The van der Waals surface area contributed by atoms with Gasteiger partial charge in [0.25, 0.3) is 5.91 Å². The summed E-state index contributed by atoms with van der Waals surface area (Å²) in [5, 5.41) is 24.2. The van der Waals surface area contributed by atoms with E-state index in [1.54, 1.807) is 12.1 Å². The van der Waals surface area contributed by atoms with Crippen LogP contribution in [0.15, 0.2) is 51.1 Å². The molecular formula is C24H25BrClN5O3S. The van der Waals surface area contributed by atoms with Gasteiger partial charge in [-0.3, -0.25) is 9.36 Å². The third kappa shape index (κ3) is 6.36. The summed E-state index contributed by atoms with van der Waals surface area (Å²) in [6, 6.07) is 11.2. The molecule has 0 radical (unpaired) electrons. The SMILES string of the molecule is COc1cc(/C=N\NC(=O)CSc2nnc(-c3ccc(Cl)cc3)n2C2CCCCC2)cc(Br)c1O. The molecule has 0 saturated heterocycles. The van der Waals surface area contributed by atoms with E-state index >= 15 is 0 Å². The Bertz CT molecular complexity index is 1210. The number of rotatable bonds is 8. The first kappa shape index (κ1) is 25.5. The highest BCUT2D eigenvalue weighted by atomic mass is 79.9. The smallest absolute Gasteiger partial charge is 0.250 e. The lowest BCUT2D eigenvalue weighted by Gasteiger charge is -2.25. The molecule has 1 amide bonds. The molecule has 35 heavy (non-hydrogen) atoms. The maximum absolute atomic E-state index is 12.5. The van der Waals surface area contributed by atoms with E-state index in [0.29, 0.717) is 32.0 Å². The molecule has 0 aliphatic heterocycles. The summed E-state index contributed by atoms with van der Waals surface area (Å²) >= 11 is 10.7. The number of nitrogens with zero attached hydrogens (tertiary/aromatic N) is 4. The molecule has 1 fully saturated rings. The van der Waals surface area contributed by atoms with Crippen molar-refractivity contribution in [1.82, 2.24) is 20.2 Å². The first-order valence-electron chi connectivity index (χ1n) is 11.2. The summed E-state index contributed by atoms with van der Waals surface area (Å²) in [7, 11) is 1.46. The highest BCUT2D eigenvalue weighted by Gasteiger charge is 2.24. The summed E-state index contributed by atoms with van der Waals surface area (Å²) in [6.07, 6.45) is 7.18. The van der Waals surface area contributed by atoms with Crippen LogP contribution in [-0.2, 0) is 4.79 Å². The fraction of sp³-hybridized carbons (Fsp3) is 0.333. The second kappa shape index (κ2) is 11.9. The van der Waals surface area contributed by atoms with Gasteiger partial charge in [-0.2, -0.15) is 5.10 Å². The molecule has 0 unspecified atom stereocenters. The molecule has 1 aliphatic carbocycles. The van der Waals surface area contributed by atoms with Gasteiger partial charge in [-0.1, -0.05) is 42.6 Å². The summed E-state index contributed by atoms with van der Waals surface area (Å²) in [5.41, 5.74) is 4.14. The van der Waals surface area contributed by atoms with Gasteiger partial charge in [0.15, 0.2) is 22.5 Å². The maximum Gasteiger partial charge on any atom is 0.250 e. The van der Waals surface area contributed by atoms with Gasteiger partial charge in [0.05, 0.1) is 23.5 Å². The van der Waals surface area contributed by atoms with E-state index in [1.165, 1.54) is 44.3 Å². The molecule has 1 heterocycles. The van der Waals surface area contributed by atoms with Gasteiger partial charge in [0.1, 0.15) is 0 Å². The van der Waals surface area contributed by atoms with E-state index in [0.717, 1.165) is 24.2 Å². The lowest BCUT2D eigenvalue weighted by atomic mass is 9.95. The van der Waals surface area contributed by atoms with Crippen molar-refractivity contribution in [2.24, 2.45) is 5.10 Å². The zero-order valence-electron chi connectivity index (χ0n) is 19.1. The monoisotopic (exact) mass is 577 g/mol. The molecule has 8 nitrogen and oxygen atoms in total. The zero-order chi connectivity index (χ0) is 24.8. The number of nitrogens with one attached hydrogen (secondary N) is 1. The van der Waals surface area contributed by atoms with Crippen molar-refractivity contribution in [2.45, 2.75) is 43.3 Å². The van der Waals surface area contributed by atoms with Crippen LogP contribution in [0.4, 0.5) is 0 Å². The Morgan fingerprint density at radius 1 is 1.29 bits per heavy atom. The van der Waals surface area contributed by atoms with Crippen LogP contribution in [-0.4, -0.2) is 44.9 Å². The van der Waals surface area contributed by atoms with Crippen LogP contribution >= 0.6 is 39.3 Å². The van der Waals surface area contributed by atoms with Crippen molar-refractivity contribution >= 4 is 51.4 Å². The lowest BCUT2D eigenvalue weighted by Crippen LogP contribution is -2.20. The van der Waals surface area contributed by atoms with Crippen LogP contribution in [0.3, 0.4) is 0 Å². The fourth-order valence-corrected chi connectivity index (χ4v) is 5.39. The van der Waals surface area contributed by atoms with Crippen LogP contribution in [0.2, 0.25) is 5.02 Å². The normalized spacial score (nSPS) is 14.4. The van der Waals surface area contributed by atoms with Gasteiger partial charge in [-0.25, -0.2) is 5.43 Å². The van der Waals surface area contributed by atoms with Gasteiger partial charge in [-0.15, -0.1) is 10.2 Å². The first-order chi connectivity index (χ1) is 17.0. The predicted octanol–water partition coefficient (Wildman–Crippen LogP) is 5.82. The van der Waals surface area contributed by atoms with E-state index in [1.807, 2.05) is 24.3 Å². The Morgan fingerprint density at radius 2 is 2.03 bits per heavy atom. The van der Waals surface area contributed by atoms with E-state index in [9.17, 15) is 9.90 Å². The number of aromatic nitrogens is 3. The number of hydrogen-bond donors (Lipinski definition) is 2. The number of thioether (sulfide) groups is 1. The number of hydrazone groups is 1. The zero-order valence-corrected chi connectivity index (χ0v) is 22.2. The van der Waals surface area contributed by atoms with Crippen LogP contribution in [0, 0.1) is 0 Å². The molecule has 1 aromatic heterocycles. The minimum Gasteiger partial charge on any atom is -0.503 e. The number of phenolic OH excluding ortho intramolecular Hbond substituents is 1. The quantitative estimate of drug-likeness (QED) is 0.198. The Hall–Kier alpha value is -2.56. The van der Waals surface area contributed by atoms with Gasteiger partial charge in [0.2, 0.25) is 0 Å². The Balaban J connectivity index is 1.44. The second-order valence-electron chi connectivity index (χ2n) is 8.11. The second-order valence-corrected chi connectivity index (χ2v) is 10.3. The fourth-order valence-electron chi connectivity index (χ4n) is 4.00. The van der Waals surface area contributed by atoms with E-state index in [2.05, 4.69) is 41.2 Å². The van der Waals surface area contributed by atoms with Gasteiger partial charge >= 0.3 is 0 Å². The number of hydrogen-bond acceptors (Lipinski definition) is 7. The van der Waals surface area contributed by atoms with Crippen LogP contribution in [0.1, 0.15) is 43.7 Å². The average molecular weight is 579 g/mol. The predicted molar refractivity (Wildman–Crippen MR) is 141 cm³/mol. The molecule has 0 spiro atoms. The van der Waals surface area contributed by atoms with Crippen molar-refractivity contribution in [3.8, 4) is 22.9 Å². The summed E-state index contributed by atoms with van der Waals surface area (Å²) < 4.78 is 7.77. The number of carbonyl (C=O) groups is 1. The van der Waals surface area contributed by atoms with E-state index in [-0.39, 0.29) is 17.4 Å².